The van der Waals surface area contributed by atoms with Crippen LogP contribution in [-0.4, -0.2) is 57.9 Å². The maximum Gasteiger partial charge on any atom is 0.330 e. The first kappa shape index (κ1) is 21.8. The quantitative estimate of drug-likeness (QED) is 0.210. The minimum absolute atomic E-state index is 0.0949. The van der Waals surface area contributed by atoms with Crippen molar-refractivity contribution in [2.24, 2.45) is 5.41 Å². The fourth-order valence-electron chi connectivity index (χ4n) is 4.27. The van der Waals surface area contributed by atoms with E-state index in [0.29, 0.717) is 26.1 Å². The van der Waals surface area contributed by atoms with Gasteiger partial charge in [-0.25, -0.2) is 4.79 Å². The molecule has 0 aromatic carbocycles. The summed E-state index contributed by atoms with van der Waals surface area (Å²) in [4.78, 5) is 23.5. The highest BCUT2D eigenvalue weighted by Crippen LogP contribution is 2.55. The zero-order chi connectivity index (χ0) is 20.1. The van der Waals surface area contributed by atoms with Gasteiger partial charge < -0.3 is 23.7 Å². The molecular weight excluding hydrogens is 352 g/mol. The lowest BCUT2D eigenvalue weighted by Crippen LogP contribution is -2.56. The third kappa shape index (κ3) is 4.01. The minimum Gasteiger partial charge on any atom is -0.466 e. The van der Waals surface area contributed by atoms with Crippen LogP contribution in [-0.2, 0) is 33.3 Å². The third-order valence-electron chi connectivity index (χ3n) is 5.67. The first-order valence-corrected chi connectivity index (χ1v) is 9.11. The fraction of sp³-hybridized carbons (Fsp3) is 0.700. The molecule has 1 atom stereocenters. The van der Waals surface area contributed by atoms with Gasteiger partial charge in [0, 0.05) is 24.2 Å². The second-order valence-electron chi connectivity index (χ2n) is 7.44. The summed E-state index contributed by atoms with van der Waals surface area (Å²) in [6.45, 7) is 6.85. The van der Waals surface area contributed by atoms with Crippen molar-refractivity contribution in [3.63, 3.8) is 0 Å². The molecule has 0 aromatic rings. The SMILES string of the molecule is COCOC1(C/C=C/C(=O)OC)CCC(C)=C(C2(C=O)OCCO2)C1(C)C. The Morgan fingerprint density at radius 2 is 1.89 bits per heavy atom. The Bertz CT molecular complexity index is 614. The van der Waals surface area contributed by atoms with Crippen molar-refractivity contribution < 1.29 is 33.3 Å². The number of carbonyl (C=O) groups is 2. The van der Waals surface area contributed by atoms with Crippen molar-refractivity contribution in [1.29, 1.82) is 0 Å². The predicted octanol–water partition coefficient (Wildman–Crippen LogP) is 2.54. The number of allylic oxidation sites excluding steroid dienone is 1. The molecule has 7 nitrogen and oxygen atoms in total. The van der Waals surface area contributed by atoms with E-state index in [1.807, 2.05) is 20.8 Å². The first-order chi connectivity index (χ1) is 12.8. The van der Waals surface area contributed by atoms with Crippen molar-refractivity contribution in [3.05, 3.63) is 23.3 Å². The number of hydrogen-bond donors (Lipinski definition) is 0. The third-order valence-corrected chi connectivity index (χ3v) is 5.67. The van der Waals surface area contributed by atoms with Gasteiger partial charge >= 0.3 is 5.97 Å². The zero-order valence-electron chi connectivity index (χ0n) is 16.8. The van der Waals surface area contributed by atoms with Gasteiger partial charge in [-0.05, 0) is 26.2 Å². The van der Waals surface area contributed by atoms with Gasteiger partial charge in [-0.2, -0.15) is 0 Å². The van der Waals surface area contributed by atoms with Crippen LogP contribution in [0.5, 0.6) is 0 Å². The number of rotatable bonds is 8. The number of aldehydes is 1. The van der Waals surface area contributed by atoms with Crippen molar-refractivity contribution in [2.75, 3.05) is 34.2 Å². The number of ether oxygens (including phenoxy) is 5. The standard InChI is InChI=1S/C20H30O7/c1-15-8-10-19(27-14-23-4,9-6-7-16(22)24-5)18(2,3)17(15)20(13-21)25-11-12-26-20/h6-7,13H,8-12,14H2,1-5H3/b7-6+. The highest BCUT2D eigenvalue weighted by atomic mass is 16.7. The summed E-state index contributed by atoms with van der Waals surface area (Å²) in [7, 11) is 2.90. The topological polar surface area (TPSA) is 80.3 Å². The number of esters is 1. The van der Waals surface area contributed by atoms with Gasteiger partial charge in [-0.15, -0.1) is 0 Å². The van der Waals surface area contributed by atoms with Gasteiger partial charge in [-0.1, -0.05) is 25.5 Å². The molecule has 1 aliphatic carbocycles. The number of hydrogen-bond acceptors (Lipinski definition) is 7. The minimum atomic E-state index is -1.39. The van der Waals surface area contributed by atoms with E-state index in [2.05, 4.69) is 4.74 Å². The van der Waals surface area contributed by atoms with Crippen LogP contribution in [0, 0.1) is 5.41 Å². The molecule has 0 spiro atoms. The molecule has 1 saturated heterocycles. The lowest BCUT2D eigenvalue weighted by atomic mass is 9.59. The van der Waals surface area contributed by atoms with Crippen molar-refractivity contribution in [2.45, 2.75) is 51.4 Å². The van der Waals surface area contributed by atoms with Gasteiger partial charge in [0.15, 0.2) is 6.29 Å². The summed E-state index contributed by atoms with van der Waals surface area (Å²) in [5.41, 5.74) is 0.534. The Hall–Kier alpha value is -1.54. The van der Waals surface area contributed by atoms with Crippen molar-refractivity contribution in [1.82, 2.24) is 0 Å². The smallest absolute Gasteiger partial charge is 0.330 e. The molecule has 0 amide bonds. The molecule has 2 rings (SSSR count). The molecular formula is C20H30O7. The van der Waals surface area contributed by atoms with Gasteiger partial charge in [-0.3, -0.25) is 4.79 Å². The summed E-state index contributed by atoms with van der Waals surface area (Å²) < 4.78 is 27.6. The Morgan fingerprint density at radius 3 is 2.44 bits per heavy atom. The van der Waals surface area contributed by atoms with Crippen molar-refractivity contribution in [3.8, 4) is 0 Å². The number of carbonyl (C=O) groups excluding carboxylic acids is 2. The Balaban J connectivity index is 2.47. The maximum absolute atomic E-state index is 12.0. The van der Waals surface area contributed by atoms with Crippen LogP contribution in [0.15, 0.2) is 23.3 Å². The van der Waals surface area contributed by atoms with E-state index >= 15 is 0 Å². The van der Waals surface area contributed by atoms with Gasteiger partial charge in [0.1, 0.15) is 6.79 Å². The molecule has 1 aliphatic heterocycles. The molecule has 1 unspecified atom stereocenters. The van der Waals surface area contributed by atoms with Crippen LogP contribution in [0.3, 0.4) is 0 Å². The molecule has 0 saturated carbocycles. The fourth-order valence-corrected chi connectivity index (χ4v) is 4.27. The summed E-state index contributed by atoms with van der Waals surface area (Å²) >= 11 is 0. The summed E-state index contributed by atoms with van der Waals surface area (Å²) in [6.07, 6.45) is 5.74. The lowest BCUT2D eigenvalue weighted by molar-refractivity contribution is -0.198. The highest BCUT2D eigenvalue weighted by molar-refractivity contribution is 5.81. The van der Waals surface area contributed by atoms with E-state index < -0.39 is 22.8 Å². The average Bonchev–Trinajstić information content (AvgIpc) is 3.12. The van der Waals surface area contributed by atoms with E-state index in [4.69, 9.17) is 18.9 Å². The van der Waals surface area contributed by atoms with E-state index in [-0.39, 0.29) is 6.79 Å². The van der Waals surface area contributed by atoms with Crippen LogP contribution < -0.4 is 0 Å². The van der Waals surface area contributed by atoms with Gasteiger partial charge in [0.2, 0.25) is 5.79 Å². The van der Waals surface area contributed by atoms with E-state index in [9.17, 15) is 9.59 Å². The Morgan fingerprint density at radius 1 is 1.22 bits per heavy atom. The average molecular weight is 382 g/mol. The molecule has 1 heterocycles. The molecule has 7 heteroatoms. The largest absolute Gasteiger partial charge is 0.466 e. The second-order valence-corrected chi connectivity index (χ2v) is 7.44. The van der Waals surface area contributed by atoms with Gasteiger partial charge in [0.05, 0.1) is 25.9 Å². The highest BCUT2D eigenvalue weighted by Gasteiger charge is 2.58. The Kier molecular flexibility index (Phi) is 6.97. The van der Waals surface area contributed by atoms with Crippen LogP contribution >= 0.6 is 0 Å². The molecule has 27 heavy (non-hydrogen) atoms. The Labute approximate surface area is 160 Å². The molecule has 2 aliphatic rings. The first-order valence-electron chi connectivity index (χ1n) is 9.11. The molecule has 0 N–H and O–H groups in total. The summed E-state index contributed by atoms with van der Waals surface area (Å²) in [5.74, 6) is -1.81. The van der Waals surface area contributed by atoms with Crippen LogP contribution in [0.25, 0.3) is 0 Å². The molecule has 0 radical (unpaired) electrons. The normalized spacial score (nSPS) is 27.1. The predicted molar refractivity (Wildman–Crippen MR) is 97.9 cm³/mol. The van der Waals surface area contributed by atoms with Crippen molar-refractivity contribution >= 4 is 12.3 Å². The van der Waals surface area contributed by atoms with E-state index in [1.54, 1.807) is 13.2 Å². The van der Waals surface area contributed by atoms with Crippen LogP contribution in [0.4, 0.5) is 0 Å². The second kappa shape index (κ2) is 8.65. The zero-order valence-corrected chi connectivity index (χ0v) is 16.8. The summed E-state index contributed by atoms with van der Waals surface area (Å²) in [5, 5.41) is 0. The number of methoxy groups -OCH3 is 2. The monoisotopic (exact) mass is 382 g/mol. The van der Waals surface area contributed by atoms with Gasteiger partial charge in [0.25, 0.3) is 0 Å². The molecule has 0 aromatic heterocycles. The molecule has 152 valence electrons. The molecule has 0 bridgehead atoms. The van der Waals surface area contributed by atoms with Crippen LogP contribution in [0.1, 0.15) is 40.0 Å². The van der Waals surface area contributed by atoms with E-state index in [0.717, 1.165) is 23.9 Å². The van der Waals surface area contributed by atoms with E-state index in [1.165, 1.54) is 13.2 Å². The maximum atomic E-state index is 12.0. The molecule has 1 fully saturated rings. The van der Waals surface area contributed by atoms with Crippen LogP contribution in [0.2, 0.25) is 0 Å². The summed E-state index contributed by atoms with van der Waals surface area (Å²) in [6, 6.07) is 0. The lowest BCUT2D eigenvalue weighted by Gasteiger charge is -2.53.